The molecular formula is C7H20ClN3O2S. The Balaban J connectivity index is 0. The molecule has 0 unspecified atom stereocenters. The average molecular weight is 246 g/mol. The van der Waals surface area contributed by atoms with E-state index in [1.165, 1.54) is 0 Å². The van der Waals surface area contributed by atoms with Crippen molar-refractivity contribution in [2.24, 2.45) is 5.73 Å². The lowest BCUT2D eigenvalue weighted by molar-refractivity contribution is 0.551. The van der Waals surface area contributed by atoms with Gasteiger partial charge in [-0.25, -0.2) is 4.72 Å². The standard InChI is InChI=1S/C7H19N3O2S.ClH/c1-7(2)10-13(11,12)9-6-4-3-5-8;/h7,9-10H,3-6,8H2,1-2H3;1H. The second-order valence-corrected chi connectivity index (χ2v) is 4.70. The van der Waals surface area contributed by atoms with E-state index in [9.17, 15) is 8.42 Å². The predicted molar refractivity (Wildman–Crippen MR) is 60.7 cm³/mol. The average Bonchev–Trinajstić information content (AvgIpc) is 1.95. The van der Waals surface area contributed by atoms with Gasteiger partial charge in [0.05, 0.1) is 0 Å². The highest BCUT2D eigenvalue weighted by atomic mass is 35.5. The van der Waals surface area contributed by atoms with Crippen molar-refractivity contribution in [3.8, 4) is 0 Å². The van der Waals surface area contributed by atoms with Crippen LogP contribution in [0.3, 0.4) is 0 Å². The lowest BCUT2D eigenvalue weighted by atomic mass is 10.3. The van der Waals surface area contributed by atoms with Gasteiger partial charge in [-0.05, 0) is 33.2 Å². The first kappa shape index (κ1) is 16.5. The van der Waals surface area contributed by atoms with Crippen LogP contribution in [0.2, 0.25) is 0 Å². The second kappa shape index (κ2) is 8.43. The summed E-state index contributed by atoms with van der Waals surface area (Å²) in [6.45, 7) is 4.59. The molecule has 0 spiro atoms. The molecule has 0 bridgehead atoms. The Morgan fingerprint density at radius 3 is 2.29 bits per heavy atom. The maximum atomic E-state index is 11.2. The van der Waals surface area contributed by atoms with Gasteiger partial charge in [0, 0.05) is 12.6 Å². The van der Waals surface area contributed by atoms with Gasteiger partial charge in [0.1, 0.15) is 0 Å². The van der Waals surface area contributed by atoms with Gasteiger partial charge in [-0.3, -0.25) is 0 Å². The first-order valence-corrected chi connectivity index (χ1v) is 5.93. The van der Waals surface area contributed by atoms with E-state index in [0.29, 0.717) is 13.1 Å². The molecule has 0 saturated carbocycles. The highest BCUT2D eigenvalue weighted by Gasteiger charge is 2.09. The van der Waals surface area contributed by atoms with Crippen LogP contribution in [0.15, 0.2) is 0 Å². The van der Waals surface area contributed by atoms with Gasteiger partial charge in [-0.15, -0.1) is 12.4 Å². The van der Waals surface area contributed by atoms with Crippen LogP contribution in [0.5, 0.6) is 0 Å². The molecule has 0 rings (SSSR count). The van der Waals surface area contributed by atoms with Crippen LogP contribution >= 0.6 is 12.4 Å². The monoisotopic (exact) mass is 245 g/mol. The summed E-state index contributed by atoms with van der Waals surface area (Å²) in [5.74, 6) is 0. The zero-order chi connectivity index (χ0) is 10.3. The molecule has 0 aliphatic heterocycles. The fraction of sp³-hybridized carbons (Fsp3) is 1.00. The molecule has 0 aliphatic rings. The Labute approximate surface area is 92.4 Å². The summed E-state index contributed by atoms with van der Waals surface area (Å²) in [6.07, 6.45) is 1.61. The minimum Gasteiger partial charge on any atom is -0.330 e. The topological polar surface area (TPSA) is 84.2 Å². The van der Waals surface area contributed by atoms with E-state index in [1.807, 2.05) is 0 Å². The normalized spacial score (nSPS) is 11.4. The summed E-state index contributed by atoms with van der Waals surface area (Å²) in [6, 6.07) is -0.0768. The number of rotatable bonds is 7. The minimum atomic E-state index is -3.30. The molecule has 0 aromatic heterocycles. The maximum absolute atomic E-state index is 11.2. The first-order valence-electron chi connectivity index (χ1n) is 4.45. The molecule has 7 heteroatoms. The van der Waals surface area contributed by atoms with E-state index in [0.717, 1.165) is 12.8 Å². The molecule has 0 radical (unpaired) electrons. The van der Waals surface area contributed by atoms with Crippen LogP contribution in [0, 0.1) is 0 Å². The van der Waals surface area contributed by atoms with Crippen molar-refractivity contribution < 1.29 is 8.42 Å². The molecule has 14 heavy (non-hydrogen) atoms. The molecule has 5 nitrogen and oxygen atoms in total. The zero-order valence-corrected chi connectivity index (χ0v) is 10.2. The lowest BCUT2D eigenvalue weighted by Crippen LogP contribution is -2.40. The quantitative estimate of drug-likeness (QED) is 0.551. The van der Waals surface area contributed by atoms with E-state index in [-0.39, 0.29) is 18.4 Å². The van der Waals surface area contributed by atoms with Gasteiger partial charge < -0.3 is 5.73 Å². The summed E-state index contributed by atoms with van der Waals surface area (Å²) < 4.78 is 27.2. The number of nitrogens with two attached hydrogens (primary N) is 1. The molecule has 0 atom stereocenters. The molecule has 88 valence electrons. The molecule has 0 aliphatic carbocycles. The fourth-order valence-electron chi connectivity index (χ4n) is 0.828. The number of hydrogen-bond acceptors (Lipinski definition) is 3. The van der Waals surface area contributed by atoms with Crippen LogP contribution in [0.1, 0.15) is 26.7 Å². The van der Waals surface area contributed by atoms with Gasteiger partial charge in [0.25, 0.3) is 10.2 Å². The van der Waals surface area contributed by atoms with Crippen LogP contribution in [-0.2, 0) is 10.2 Å². The molecule has 0 saturated heterocycles. The molecule has 0 fully saturated rings. The van der Waals surface area contributed by atoms with Crippen molar-refractivity contribution in [1.82, 2.24) is 9.44 Å². The Morgan fingerprint density at radius 2 is 1.86 bits per heavy atom. The smallest absolute Gasteiger partial charge is 0.277 e. The van der Waals surface area contributed by atoms with E-state index >= 15 is 0 Å². The molecule has 0 aromatic carbocycles. The summed E-state index contributed by atoms with van der Waals surface area (Å²) in [5, 5.41) is 0. The molecule has 0 heterocycles. The van der Waals surface area contributed by atoms with Crippen molar-refractivity contribution in [3.63, 3.8) is 0 Å². The van der Waals surface area contributed by atoms with E-state index in [4.69, 9.17) is 5.73 Å². The third kappa shape index (κ3) is 10.2. The van der Waals surface area contributed by atoms with Crippen LogP contribution in [0.25, 0.3) is 0 Å². The van der Waals surface area contributed by atoms with Gasteiger partial charge >= 0.3 is 0 Å². The van der Waals surface area contributed by atoms with Crippen LogP contribution in [0.4, 0.5) is 0 Å². The summed E-state index contributed by atoms with van der Waals surface area (Å²) in [5.41, 5.74) is 5.27. The summed E-state index contributed by atoms with van der Waals surface area (Å²) in [4.78, 5) is 0. The van der Waals surface area contributed by atoms with E-state index < -0.39 is 10.2 Å². The van der Waals surface area contributed by atoms with Crippen molar-refractivity contribution in [3.05, 3.63) is 0 Å². The van der Waals surface area contributed by atoms with E-state index in [2.05, 4.69) is 9.44 Å². The largest absolute Gasteiger partial charge is 0.330 e. The fourth-order valence-corrected chi connectivity index (χ4v) is 1.94. The van der Waals surface area contributed by atoms with E-state index in [1.54, 1.807) is 13.8 Å². The highest BCUT2D eigenvalue weighted by Crippen LogP contribution is 1.87. The second-order valence-electron chi connectivity index (χ2n) is 3.17. The number of unbranched alkanes of at least 4 members (excludes halogenated alkanes) is 1. The third-order valence-corrected chi connectivity index (χ3v) is 2.68. The van der Waals surface area contributed by atoms with Crippen molar-refractivity contribution >= 4 is 22.6 Å². The first-order chi connectivity index (χ1) is 5.98. The Kier molecular flexibility index (Phi) is 9.96. The summed E-state index contributed by atoms with van der Waals surface area (Å²) >= 11 is 0. The number of nitrogens with one attached hydrogen (secondary N) is 2. The van der Waals surface area contributed by atoms with Crippen molar-refractivity contribution in [2.45, 2.75) is 32.7 Å². The Morgan fingerprint density at radius 1 is 1.29 bits per heavy atom. The minimum absolute atomic E-state index is 0. The zero-order valence-electron chi connectivity index (χ0n) is 8.62. The van der Waals surface area contributed by atoms with Crippen molar-refractivity contribution in [1.29, 1.82) is 0 Å². The Hall–Kier alpha value is 0.120. The SMILES string of the molecule is CC(C)NS(=O)(=O)NCCCCN.Cl. The van der Waals surface area contributed by atoms with Crippen molar-refractivity contribution in [2.75, 3.05) is 13.1 Å². The predicted octanol–water partition coefficient (Wildman–Crippen LogP) is -0.0205. The third-order valence-electron chi connectivity index (χ3n) is 1.31. The van der Waals surface area contributed by atoms with Crippen LogP contribution in [-0.4, -0.2) is 27.5 Å². The highest BCUT2D eigenvalue weighted by molar-refractivity contribution is 7.87. The maximum Gasteiger partial charge on any atom is 0.277 e. The van der Waals surface area contributed by atoms with Gasteiger partial charge in [-0.2, -0.15) is 13.1 Å². The molecule has 0 aromatic rings. The molecule has 4 N–H and O–H groups in total. The molecular weight excluding hydrogens is 226 g/mol. The van der Waals surface area contributed by atoms with Gasteiger partial charge in [-0.1, -0.05) is 0 Å². The van der Waals surface area contributed by atoms with Gasteiger partial charge in [0.15, 0.2) is 0 Å². The lowest BCUT2D eigenvalue weighted by Gasteiger charge is -2.09. The Bertz CT molecular complexity index is 219. The number of halogens is 1. The summed E-state index contributed by atoms with van der Waals surface area (Å²) in [7, 11) is -3.30. The molecule has 0 amide bonds. The van der Waals surface area contributed by atoms with Gasteiger partial charge in [0.2, 0.25) is 0 Å². The van der Waals surface area contributed by atoms with Crippen LogP contribution < -0.4 is 15.2 Å². The number of hydrogen-bond donors (Lipinski definition) is 3.